The summed E-state index contributed by atoms with van der Waals surface area (Å²) in [6.45, 7) is 4.19. The van der Waals surface area contributed by atoms with Gasteiger partial charge in [-0.05, 0) is 37.1 Å². The first-order chi connectivity index (χ1) is 9.63. The van der Waals surface area contributed by atoms with Crippen LogP contribution in [0.15, 0.2) is 36.0 Å². The van der Waals surface area contributed by atoms with Gasteiger partial charge in [-0.15, -0.1) is 11.3 Å². The molecule has 0 aliphatic carbocycles. The van der Waals surface area contributed by atoms with Gasteiger partial charge in [-0.2, -0.15) is 0 Å². The molecule has 2 aromatic rings. The van der Waals surface area contributed by atoms with E-state index in [2.05, 4.69) is 11.9 Å². The van der Waals surface area contributed by atoms with Crippen LogP contribution in [0.2, 0.25) is 0 Å². The zero-order chi connectivity index (χ0) is 14.5. The van der Waals surface area contributed by atoms with Crippen molar-refractivity contribution in [2.45, 2.75) is 32.7 Å². The summed E-state index contributed by atoms with van der Waals surface area (Å²) in [5.41, 5.74) is 1.89. The Bertz CT molecular complexity index is 565. The number of rotatable bonds is 5. The maximum Gasteiger partial charge on any atom is 0.254 e. The number of amides is 1. The maximum atomic E-state index is 12.5. The Morgan fingerprint density at radius 3 is 2.75 bits per heavy atom. The number of hydrogen-bond acceptors (Lipinski definition) is 3. The predicted molar refractivity (Wildman–Crippen MR) is 83.1 cm³/mol. The Morgan fingerprint density at radius 1 is 1.40 bits per heavy atom. The van der Waals surface area contributed by atoms with Crippen molar-refractivity contribution in [2.75, 3.05) is 7.05 Å². The molecule has 0 aliphatic rings. The van der Waals surface area contributed by atoms with Crippen molar-refractivity contribution in [2.24, 2.45) is 0 Å². The maximum absolute atomic E-state index is 12.5. The summed E-state index contributed by atoms with van der Waals surface area (Å²) >= 11 is 1.67. The predicted octanol–water partition coefficient (Wildman–Crippen LogP) is 3.93. The van der Waals surface area contributed by atoms with E-state index in [9.17, 15) is 4.79 Å². The van der Waals surface area contributed by atoms with E-state index in [0.717, 1.165) is 24.0 Å². The highest BCUT2D eigenvalue weighted by atomic mass is 32.1. The van der Waals surface area contributed by atoms with Crippen LogP contribution in [0, 0.1) is 0 Å². The van der Waals surface area contributed by atoms with E-state index in [1.165, 1.54) is 4.88 Å². The van der Waals surface area contributed by atoms with E-state index in [1.807, 2.05) is 37.6 Å². The fourth-order valence-electron chi connectivity index (χ4n) is 2.12. The van der Waals surface area contributed by atoms with Crippen molar-refractivity contribution >= 4 is 17.2 Å². The Hall–Kier alpha value is -1.68. The Kier molecular flexibility index (Phi) is 4.90. The second-order valence-corrected chi connectivity index (χ2v) is 5.92. The van der Waals surface area contributed by atoms with E-state index in [-0.39, 0.29) is 11.9 Å². The number of carbonyl (C=O) groups is 1. The first-order valence-corrected chi connectivity index (χ1v) is 7.76. The standard InChI is InChI=1S/C16H20N2OS/c1-4-5-15-10-14(11-20-15)16(19)18(3)12(2)13-6-8-17-9-7-13/h6-12H,4-5H2,1-3H3/t12-/m0/s1. The topological polar surface area (TPSA) is 33.2 Å². The largest absolute Gasteiger partial charge is 0.335 e. The summed E-state index contributed by atoms with van der Waals surface area (Å²) in [5, 5.41) is 1.96. The van der Waals surface area contributed by atoms with Crippen molar-refractivity contribution in [1.82, 2.24) is 9.88 Å². The number of carbonyl (C=O) groups excluding carboxylic acids is 1. The molecule has 0 unspecified atom stereocenters. The molecule has 2 rings (SSSR count). The summed E-state index contributed by atoms with van der Waals surface area (Å²) in [5.74, 6) is 0.0768. The van der Waals surface area contributed by atoms with Gasteiger partial charge >= 0.3 is 0 Å². The molecule has 0 bridgehead atoms. The lowest BCUT2D eigenvalue weighted by Crippen LogP contribution is -2.29. The first kappa shape index (κ1) is 14.7. The molecule has 0 saturated carbocycles. The van der Waals surface area contributed by atoms with Crippen LogP contribution in [0.25, 0.3) is 0 Å². The van der Waals surface area contributed by atoms with Gasteiger partial charge in [0.1, 0.15) is 0 Å². The fourth-order valence-corrected chi connectivity index (χ4v) is 3.08. The number of hydrogen-bond donors (Lipinski definition) is 0. The van der Waals surface area contributed by atoms with Crippen molar-refractivity contribution in [3.05, 3.63) is 52.0 Å². The second kappa shape index (κ2) is 6.66. The molecule has 0 spiro atoms. The van der Waals surface area contributed by atoms with Crippen LogP contribution in [-0.4, -0.2) is 22.8 Å². The second-order valence-electron chi connectivity index (χ2n) is 4.92. The Labute approximate surface area is 124 Å². The van der Waals surface area contributed by atoms with Crippen molar-refractivity contribution in [1.29, 1.82) is 0 Å². The van der Waals surface area contributed by atoms with Gasteiger partial charge in [0.05, 0.1) is 11.6 Å². The number of aryl methyl sites for hydroxylation is 1. The molecular formula is C16H20N2OS. The van der Waals surface area contributed by atoms with Crippen LogP contribution in [-0.2, 0) is 6.42 Å². The minimum atomic E-state index is 0.0417. The highest BCUT2D eigenvalue weighted by molar-refractivity contribution is 7.10. The lowest BCUT2D eigenvalue weighted by atomic mass is 10.1. The van der Waals surface area contributed by atoms with Crippen LogP contribution < -0.4 is 0 Å². The molecule has 4 heteroatoms. The third-order valence-corrected chi connectivity index (χ3v) is 4.48. The number of thiophene rings is 1. The summed E-state index contributed by atoms with van der Waals surface area (Å²) in [6.07, 6.45) is 5.67. The van der Waals surface area contributed by atoms with Gasteiger partial charge in [-0.1, -0.05) is 13.3 Å². The molecular weight excluding hydrogens is 268 g/mol. The molecule has 0 N–H and O–H groups in total. The molecule has 2 aromatic heterocycles. The molecule has 20 heavy (non-hydrogen) atoms. The number of nitrogens with zero attached hydrogens (tertiary/aromatic N) is 2. The van der Waals surface area contributed by atoms with Crippen LogP contribution in [0.5, 0.6) is 0 Å². The molecule has 0 radical (unpaired) electrons. The van der Waals surface area contributed by atoms with E-state index < -0.39 is 0 Å². The zero-order valence-corrected chi connectivity index (χ0v) is 13.0. The van der Waals surface area contributed by atoms with Crippen molar-refractivity contribution in [3.8, 4) is 0 Å². The molecule has 1 amide bonds. The quantitative estimate of drug-likeness (QED) is 0.835. The molecule has 0 saturated heterocycles. The highest BCUT2D eigenvalue weighted by Crippen LogP contribution is 2.23. The van der Waals surface area contributed by atoms with Gasteiger partial charge in [0.15, 0.2) is 0 Å². The Morgan fingerprint density at radius 2 is 2.10 bits per heavy atom. The number of aromatic nitrogens is 1. The molecule has 2 heterocycles. The van der Waals surface area contributed by atoms with Gasteiger partial charge in [0, 0.05) is 29.7 Å². The number of pyridine rings is 1. The van der Waals surface area contributed by atoms with E-state index >= 15 is 0 Å². The summed E-state index contributed by atoms with van der Waals surface area (Å²) in [4.78, 5) is 19.6. The lowest BCUT2D eigenvalue weighted by Gasteiger charge is -2.24. The van der Waals surface area contributed by atoms with Gasteiger partial charge in [-0.3, -0.25) is 9.78 Å². The average molecular weight is 288 g/mol. The van der Waals surface area contributed by atoms with Crippen molar-refractivity contribution in [3.63, 3.8) is 0 Å². The molecule has 0 aromatic carbocycles. The Balaban J connectivity index is 2.11. The fraction of sp³-hybridized carbons (Fsp3) is 0.375. The SMILES string of the molecule is CCCc1cc(C(=O)N(C)[C@@H](C)c2ccncc2)cs1. The van der Waals surface area contributed by atoms with Crippen LogP contribution >= 0.6 is 11.3 Å². The molecule has 0 fully saturated rings. The van der Waals surface area contributed by atoms with Gasteiger partial charge in [0.25, 0.3) is 5.91 Å². The van der Waals surface area contributed by atoms with Gasteiger partial charge in [-0.25, -0.2) is 0 Å². The summed E-state index contributed by atoms with van der Waals surface area (Å²) in [7, 11) is 1.85. The highest BCUT2D eigenvalue weighted by Gasteiger charge is 2.19. The molecule has 106 valence electrons. The summed E-state index contributed by atoms with van der Waals surface area (Å²) in [6, 6.07) is 5.96. The minimum Gasteiger partial charge on any atom is -0.335 e. The lowest BCUT2D eigenvalue weighted by molar-refractivity contribution is 0.0743. The van der Waals surface area contributed by atoms with Crippen LogP contribution in [0.4, 0.5) is 0 Å². The third kappa shape index (κ3) is 3.25. The zero-order valence-electron chi connectivity index (χ0n) is 12.2. The van der Waals surface area contributed by atoms with Gasteiger partial charge in [0.2, 0.25) is 0 Å². The normalized spacial score (nSPS) is 12.2. The van der Waals surface area contributed by atoms with Crippen LogP contribution in [0.1, 0.15) is 47.1 Å². The third-order valence-electron chi connectivity index (χ3n) is 3.49. The van der Waals surface area contributed by atoms with E-state index in [0.29, 0.717) is 0 Å². The first-order valence-electron chi connectivity index (χ1n) is 6.88. The van der Waals surface area contributed by atoms with Gasteiger partial charge < -0.3 is 4.90 Å². The van der Waals surface area contributed by atoms with Crippen LogP contribution in [0.3, 0.4) is 0 Å². The minimum absolute atomic E-state index is 0.0417. The van der Waals surface area contributed by atoms with E-state index in [1.54, 1.807) is 28.6 Å². The molecule has 1 atom stereocenters. The average Bonchev–Trinajstić information content (AvgIpc) is 2.95. The van der Waals surface area contributed by atoms with E-state index in [4.69, 9.17) is 0 Å². The summed E-state index contributed by atoms with van der Waals surface area (Å²) < 4.78 is 0. The van der Waals surface area contributed by atoms with Crippen molar-refractivity contribution < 1.29 is 4.79 Å². The molecule has 3 nitrogen and oxygen atoms in total. The monoisotopic (exact) mass is 288 g/mol. The molecule has 0 aliphatic heterocycles. The smallest absolute Gasteiger partial charge is 0.254 e.